The molecule has 9 rings (SSSR count). The fourth-order valence-electron chi connectivity index (χ4n) is 8.79. The number of rotatable bonds is 20. The van der Waals surface area contributed by atoms with Gasteiger partial charge in [0.1, 0.15) is 11.5 Å². The summed E-state index contributed by atoms with van der Waals surface area (Å²) in [7, 11) is 3.32. The van der Waals surface area contributed by atoms with Crippen LogP contribution in [0.4, 0.5) is 34.1 Å². The Morgan fingerprint density at radius 2 is 0.692 bits per heavy atom. The predicted molar refractivity (Wildman–Crippen MR) is 260 cm³/mol. The zero-order valence-corrected chi connectivity index (χ0v) is 36.7. The summed E-state index contributed by atoms with van der Waals surface area (Å²) in [5.41, 5.74) is 12.3. The van der Waals surface area contributed by atoms with E-state index in [1.54, 1.807) is 14.2 Å². The van der Waals surface area contributed by atoms with Crippen LogP contribution < -0.4 is 19.3 Å². The summed E-state index contributed by atoms with van der Waals surface area (Å²) >= 11 is 0. The fraction of sp³-hybridized carbons (Fsp3) is 0.158. The average Bonchev–Trinajstić information content (AvgIpc) is 3.65. The zero-order chi connectivity index (χ0) is 44.3. The van der Waals surface area contributed by atoms with Crippen molar-refractivity contribution >= 4 is 34.1 Å². The summed E-state index contributed by atoms with van der Waals surface area (Å²) < 4.78 is 33.9. The van der Waals surface area contributed by atoms with Crippen LogP contribution in [0.25, 0.3) is 11.1 Å². The van der Waals surface area contributed by atoms with Crippen molar-refractivity contribution in [2.45, 2.75) is 5.41 Å². The minimum atomic E-state index is -0.810. The van der Waals surface area contributed by atoms with Crippen molar-refractivity contribution in [1.82, 2.24) is 0 Å². The first kappa shape index (κ1) is 43.1. The lowest BCUT2D eigenvalue weighted by atomic mass is 9.67. The number of hydrogen-bond acceptors (Lipinski definition) is 8. The van der Waals surface area contributed by atoms with Crippen LogP contribution in [-0.4, -0.2) is 54.2 Å². The van der Waals surface area contributed by atoms with Gasteiger partial charge in [-0.25, -0.2) is 0 Å². The van der Waals surface area contributed by atoms with Crippen LogP contribution in [0.2, 0.25) is 0 Å². The first-order valence-corrected chi connectivity index (χ1v) is 21.9. The van der Waals surface area contributed by atoms with Gasteiger partial charge in [-0.2, -0.15) is 0 Å². The smallest absolute Gasteiger partial charge is 0.189 e. The van der Waals surface area contributed by atoms with Crippen LogP contribution in [0.15, 0.2) is 206 Å². The predicted octanol–water partition coefficient (Wildman–Crippen LogP) is 13.0. The third-order valence-corrected chi connectivity index (χ3v) is 11.7. The third kappa shape index (κ3) is 9.11. The van der Waals surface area contributed by atoms with Crippen molar-refractivity contribution in [3.8, 4) is 22.6 Å². The van der Waals surface area contributed by atoms with Crippen LogP contribution >= 0.6 is 0 Å². The molecule has 0 amide bonds. The monoisotopic (exact) mass is 860 g/mol. The van der Waals surface area contributed by atoms with Crippen LogP contribution in [0.3, 0.4) is 0 Å². The van der Waals surface area contributed by atoms with Gasteiger partial charge in [-0.3, -0.25) is 0 Å². The molecule has 0 saturated carbocycles. The lowest BCUT2D eigenvalue weighted by Crippen LogP contribution is -2.29. The van der Waals surface area contributed by atoms with E-state index in [1.165, 1.54) is 0 Å². The number of anilines is 6. The average molecular weight is 861 g/mol. The number of para-hydroxylation sites is 4. The van der Waals surface area contributed by atoms with Gasteiger partial charge in [0.25, 0.3) is 0 Å². The quantitative estimate of drug-likeness (QED) is 0.0555. The van der Waals surface area contributed by atoms with E-state index < -0.39 is 5.41 Å². The Kier molecular flexibility index (Phi) is 13.6. The normalized spacial score (nSPS) is 12.3. The molecule has 0 aromatic heterocycles. The number of benzene rings is 8. The second kappa shape index (κ2) is 20.5. The second-order valence-electron chi connectivity index (χ2n) is 15.6. The molecule has 326 valence electrons. The molecule has 65 heavy (non-hydrogen) atoms. The summed E-state index contributed by atoms with van der Waals surface area (Å²) in [6.45, 7) is 2.12. The minimum absolute atomic E-state index is 0.118. The van der Waals surface area contributed by atoms with Gasteiger partial charge < -0.3 is 38.2 Å². The maximum Gasteiger partial charge on any atom is 0.189 e. The molecule has 0 radical (unpaired) electrons. The molecule has 0 saturated heterocycles. The Balaban J connectivity index is 1.26. The Bertz CT molecular complexity index is 2460. The van der Waals surface area contributed by atoms with Crippen molar-refractivity contribution in [2.24, 2.45) is 0 Å². The number of nitrogens with zero attached hydrogens (tertiary/aromatic N) is 2. The van der Waals surface area contributed by atoms with Gasteiger partial charge in [-0.05, 0) is 130 Å². The van der Waals surface area contributed by atoms with Crippen LogP contribution in [0.1, 0.15) is 22.3 Å². The molecule has 0 N–H and O–H groups in total. The van der Waals surface area contributed by atoms with Crippen molar-refractivity contribution in [3.63, 3.8) is 0 Å². The number of fused-ring (bicyclic) bond motifs is 3. The van der Waals surface area contributed by atoms with E-state index in [9.17, 15) is 0 Å². The molecule has 8 aromatic carbocycles. The molecule has 0 bridgehead atoms. The summed E-state index contributed by atoms with van der Waals surface area (Å²) in [6, 6.07) is 72.9. The van der Waals surface area contributed by atoms with E-state index in [4.69, 9.17) is 28.4 Å². The Hall–Kier alpha value is -7.20. The molecule has 0 fully saturated rings. The molecule has 8 nitrogen and oxygen atoms in total. The van der Waals surface area contributed by atoms with Crippen LogP contribution in [0, 0.1) is 0 Å². The van der Waals surface area contributed by atoms with Crippen molar-refractivity contribution in [2.75, 3.05) is 64.0 Å². The molecule has 8 heteroatoms. The Morgan fingerprint density at radius 1 is 0.354 bits per heavy atom. The fourth-order valence-corrected chi connectivity index (χ4v) is 8.79. The molecule has 0 spiro atoms. The van der Waals surface area contributed by atoms with Gasteiger partial charge in [0, 0.05) is 48.3 Å². The summed E-state index contributed by atoms with van der Waals surface area (Å²) in [5.74, 6) is 1.41. The highest BCUT2D eigenvalue weighted by Gasteiger charge is 2.47. The largest absolute Gasteiger partial charge is 0.468 e. The topological polar surface area (TPSA) is 61.9 Å². The van der Waals surface area contributed by atoms with E-state index in [1.807, 2.05) is 24.3 Å². The van der Waals surface area contributed by atoms with E-state index in [0.29, 0.717) is 37.9 Å². The zero-order valence-electron chi connectivity index (χ0n) is 36.7. The number of methoxy groups -OCH3 is 2. The highest BCUT2D eigenvalue weighted by atomic mass is 16.7. The maximum absolute atomic E-state index is 6.10. The van der Waals surface area contributed by atoms with Crippen molar-refractivity contribution in [1.29, 1.82) is 0 Å². The molecule has 0 heterocycles. The van der Waals surface area contributed by atoms with Gasteiger partial charge >= 0.3 is 0 Å². The van der Waals surface area contributed by atoms with E-state index in [0.717, 1.165) is 67.5 Å². The van der Waals surface area contributed by atoms with E-state index in [-0.39, 0.29) is 13.6 Å². The van der Waals surface area contributed by atoms with Gasteiger partial charge in [-0.1, -0.05) is 109 Å². The standard InChI is InChI=1S/C57H52N2O6/c1-60-35-37-62-41-64-51-29-23-43(24-30-51)57(44-25-31-52(32-26-44)65-42-63-38-36-61-2)55-39-49(58(45-15-7-3-8-16-45)46-17-9-4-10-18-46)27-33-53(55)54-34-28-50(40-56(54)57)59(47-19-11-5-12-20-47)48-21-13-6-14-22-48/h3-34,39-40H,35-38,41-42H2,1-2H3. The molecular weight excluding hydrogens is 809 g/mol. The molecule has 8 aromatic rings. The Labute approximate surface area is 381 Å². The van der Waals surface area contributed by atoms with Crippen molar-refractivity contribution in [3.05, 3.63) is 229 Å². The first-order valence-electron chi connectivity index (χ1n) is 21.9. The van der Waals surface area contributed by atoms with Gasteiger partial charge in [0.05, 0.1) is 31.8 Å². The summed E-state index contributed by atoms with van der Waals surface area (Å²) in [5, 5.41) is 0. The molecule has 0 aliphatic heterocycles. The van der Waals surface area contributed by atoms with Gasteiger partial charge in [0.15, 0.2) is 13.6 Å². The van der Waals surface area contributed by atoms with E-state index in [2.05, 4.69) is 192 Å². The van der Waals surface area contributed by atoms with Crippen LogP contribution in [0.5, 0.6) is 11.5 Å². The molecular formula is C57H52N2O6. The lowest BCUT2D eigenvalue weighted by molar-refractivity contribution is -0.00856. The molecule has 1 aliphatic rings. The van der Waals surface area contributed by atoms with Gasteiger partial charge in [0.2, 0.25) is 0 Å². The molecule has 1 aliphatic carbocycles. The summed E-state index contributed by atoms with van der Waals surface area (Å²) in [4.78, 5) is 4.65. The highest BCUT2D eigenvalue weighted by molar-refractivity contribution is 5.92. The van der Waals surface area contributed by atoms with Crippen LogP contribution in [-0.2, 0) is 24.4 Å². The van der Waals surface area contributed by atoms with E-state index >= 15 is 0 Å². The second-order valence-corrected chi connectivity index (χ2v) is 15.6. The molecule has 0 unspecified atom stereocenters. The van der Waals surface area contributed by atoms with Gasteiger partial charge in [-0.15, -0.1) is 0 Å². The Morgan fingerprint density at radius 3 is 1.02 bits per heavy atom. The maximum atomic E-state index is 6.10. The molecule has 0 atom stereocenters. The first-order chi connectivity index (χ1) is 32.2. The highest BCUT2D eigenvalue weighted by Crippen LogP contribution is 2.58. The van der Waals surface area contributed by atoms with Crippen molar-refractivity contribution < 1.29 is 28.4 Å². The number of hydrogen-bond donors (Lipinski definition) is 0. The lowest BCUT2D eigenvalue weighted by Gasteiger charge is -2.36. The third-order valence-electron chi connectivity index (χ3n) is 11.7. The SMILES string of the molecule is COCCOCOc1ccc(C2(c3ccc(OCOCCOC)cc3)c3cc(N(c4ccccc4)c4ccccc4)ccc3-c3ccc(N(c4ccccc4)c4ccccc4)cc32)cc1. The minimum Gasteiger partial charge on any atom is -0.468 e. The number of ether oxygens (including phenoxy) is 6. The summed E-state index contributed by atoms with van der Waals surface area (Å²) in [6.07, 6.45) is 0.